The molecule has 9 heteroatoms. The molecule has 0 spiro atoms. The third-order valence-electron chi connectivity index (χ3n) is 5.91. The largest absolute Gasteiger partial charge is 0.372 e. The first-order valence-electron chi connectivity index (χ1n) is 10.7. The van der Waals surface area contributed by atoms with Crippen molar-refractivity contribution >= 4 is 46.3 Å². The van der Waals surface area contributed by atoms with Crippen LogP contribution in [0.4, 0.5) is 5.69 Å². The van der Waals surface area contributed by atoms with Gasteiger partial charge in [-0.05, 0) is 42.3 Å². The predicted molar refractivity (Wildman–Crippen MR) is 133 cm³/mol. The van der Waals surface area contributed by atoms with Gasteiger partial charge in [0.2, 0.25) is 5.91 Å². The highest BCUT2D eigenvalue weighted by molar-refractivity contribution is 6.35. The summed E-state index contributed by atoms with van der Waals surface area (Å²) in [5.74, 6) is -0.445. The Bertz CT molecular complexity index is 1410. The van der Waals surface area contributed by atoms with Crippen LogP contribution in [-0.2, 0) is 17.8 Å². The van der Waals surface area contributed by atoms with Crippen molar-refractivity contribution in [2.45, 2.75) is 19.4 Å². The van der Waals surface area contributed by atoms with E-state index in [1.54, 1.807) is 30.3 Å². The summed E-state index contributed by atoms with van der Waals surface area (Å²) in [5.41, 5.74) is 4.14. The van der Waals surface area contributed by atoms with Crippen molar-refractivity contribution in [1.29, 1.82) is 0 Å². The summed E-state index contributed by atoms with van der Waals surface area (Å²) in [6.45, 7) is 0.480. The van der Waals surface area contributed by atoms with E-state index in [4.69, 9.17) is 23.2 Å². The summed E-state index contributed by atoms with van der Waals surface area (Å²) in [6, 6.07) is 13.7. The Morgan fingerprint density at radius 2 is 1.79 bits per heavy atom. The van der Waals surface area contributed by atoms with Crippen molar-refractivity contribution in [3.8, 4) is 11.1 Å². The molecule has 0 unspecified atom stereocenters. The molecule has 0 bridgehead atoms. The molecule has 34 heavy (non-hydrogen) atoms. The first kappa shape index (κ1) is 22.3. The summed E-state index contributed by atoms with van der Waals surface area (Å²) in [6.07, 6.45) is 2.54. The predicted octanol–water partition coefficient (Wildman–Crippen LogP) is 4.04. The Kier molecular flexibility index (Phi) is 5.89. The number of anilines is 1. The highest BCUT2D eigenvalue weighted by Crippen LogP contribution is 2.36. The number of hydrogen-bond acceptors (Lipinski definition) is 5. The molecule has 0 atom stereocenters. The standard InChI is InChI=1S/C25H20Cl2N4O3/c26-15-3-6-19(27)17(9-15)18-10-24(34)31(21-7-8-22(32)25(18)21)12-23(33)30-16-4-1-14(2-5-16)20-11-28-13-29-20/h1-6,9-11,28-29H,7-8,12-13H2,(H,30,33). The van der Waals surface area contributed by atoms with E-state index in [-0.39, 0.29) is 30.2 Å². The molecular formula is C25H20Cl2N4O3. The molecule has 3 N–H and O–H groups in total. The summed E-state index contributed by atoms with van der Waals surface area (Å²) >= 11 is 12.5. The van der Waals surface area contributed by atoms with E-state index in [1.807, 2.05) is 18.3 Å². The average Bonchev–Trinajstić information content (AvgIpc) is 3.48. The van der Waals surface area contributed by atoms with E-state index in [0.29, 0.717) is 51.2 Å². The third-order valence-corrected chi connectivity index (χ3v) is 6.48. The van der Waals surface area contributed by atoms with Crippen molar-refractivity contribution < 1.29 is 9.59 Å². The number of rotatable bonds is 5. The lowest BCUT2D eigenvalue weighted by molar-refractivity contribution is -0.116. The lowest BCUT2D eigenvalue weighted by Gasteiger charge is -2.16. The zero-order valence-corrected chi connectivity index (χ0v) is 19.5. The SMILES string of the molecule is O=C(Cn1c2c(c(-c3cc(Cl)ccc3Cl)cc1=O)C(=O)CC2)Nc1ccc(C2=CNCN2)cc1. The van der Waals surface area contributed by atoms with Gasteiger partial charge >= 0.3 is 0 Å². The van der Waals surface area contributed by atoms with Crippen molar-refractivity contribution in [2.75, 3.05) is 12.0 Å². The summed E-state index contributed by atoms with van der Waals surface area (Å²) < 4.78 is 1.37. The third kappa shape index (κ3) is 4.20. The molecule has 172 valence electrons. The van der Waals surface area contributed by atoms with E-state index in [1.165, 1.54) is 10.6 Å². The minimum atomic E-state index is -0.378. The van der Waals surface area contributed by atoms with Gasteiger partial charge in [-0.2, -0.15) is 0 Å². The second kappa shape index (κ2) is 9.00. The molecule has 1 aliphatic heterocycles. The summed E-state index contributed by atoms with van der Waals surface area (Å²) in [7, 11) is 0. The number of aromatic nitrogens is 1. The van der Waals surface area contributed by atoms with Crippen LogP contribution < -0.4 is 21.5 Å². The second-order valence-electron chi connectivity index (χ2n) is 8.09. The fraction of sp³-hybridized carbons (Fsp3) is 0.160. The first-order chi connectivity index (χ1) is 16.4. The molecule has 0 saturated carbocycles. The number of carbonyl (C=O) groups excluding carboxylic acids is 2. The topological polar surface area (TPSA) is 92.2 Å². The van der Waals surface area contributed by atoms with E-state index < -0.39 is 0 Å². The first-order valence-corrected chi connectivity index (χ1v) is 11.5. The van der Waals surface area contributed by atoms with Crippen LogP contribution in [0, 0.1) is 0 Å². The zero-order chi connectivity index (χ0) is 23.8. The fourth-order valence-electron chi connectivity index (χ4n) is 4.33. The van der Waals surface area contributed by atoms with Crippen LogP contribution in [0.15, 0.2) is 59.5 Å². The normalized spacial score (nSPS) is 14.3. The maximum Gasteiger partial charge on any atom is 0.251 e. The van der Waals surface area contributed by atoms with Crippen LogP contribution in [0.25, 0.3) is 16.8 Å². The quantitative estimate of drug-likeness (QED) is 0.497. The molecule has 7 nitrogen and oxygen atoms in total. The highest BCUT2D eigenvalue weighted by Gasteiger charge is 2.29. The number of nitrogens with zero attached hydrogens (tertiary/aromatic N) is 1. The number of hydrogen-bond donors (Lipinski definition) is 3. The monoisotopic (exact) mass is 494 g/mol. The highest BCUT2D eigenvalue weighted by atomic mass is 35.5. The Hall–Kier alpha value is -3.55. The molecule has 0 saturated heterocycles. The van der Waals surface area contributed by atoms with Gasteiger partial charge in [-0.3, -0.25) is 14.4 Å². The van der Waals surface area contributed by atoms with Gasteiger partial charge in [0.05, 0.1) is 12.4 Å². The number of Topliss-reactive ketones (excluding diaryl/α,β-unsaturated/α-hetero) is 1. The molecule has 2 heterocycles. The number of pyridine rings is 1. The Balaban J connectivity index is 1.42. The minimum absolute atomic E-state index is 0.0879. The molecule has 1 aliphatic carbocycles. The molecule has 5 rings (SSSR count). The molecular weight excluding hydrogens is 475 g/mol. The maximum absolute atomic E-state index is 13.0. The van der Waals surface area contributed by atoms with Crippen LogP contribution in [0.5, 0.6) is 0 Å². The molecule has 2 aliphatic rings. The van der Waals surface area contributed by atoms with Gasteiger partial charge in [0.15, 0.2) is 5.78 Å². The Morgan fingerprint density at radius 1 is 1.00 bits per heavy atom. The van der Waals surface area contributed by atoms with E-state index in [2.05, 4.69) is 16.0 Å². The lowest BCUT2D eigenvalue weighted by atomic mass is 9.99. The molecule has 0 fully saturated rings. The van der Waals surface area contributed by atoms with Crippen molar-refractivity contribution in [3.05, 3.63) is 92.0 Å². The fourth-order valence-corrected chi connectivity index (χ4v) is 4.72. The summed E-state index contributed by atoms with van der Waals surface area (Å²) in [5, 5.41) is 9.95. The number of ketones is 1. The number of fused-ring (bicyclic) bond motifs is 1. The van der Waals surface area contributed by atoms with Crippen LogP contribution in [0.3, 0.4) is 0 Å². The number of halogens is 2. The van der Waals surface area contributed by atoms with E-state index in [9.17, 15) is 14.4 Å². The zero-order valence-electron chi connectivity index (χ0n) is 18.0. The van der Waals surface area contributed by atoms with Crippen LogP contribution in [0.2, 0.25) is 10.0 Å². The molecule has 1 aromatic heterocycles. The molecule has 1 amide bonds. The molecule has 2 aromatic carbocycles. The number of benzene rings is 2. The Labute approximate surface area is 205 Å². The minimum Gasteiger partial charge on any atom is -0.372 e. The average molecular weight is 495 g/mol. The van der Waals surface area contributed by atoms with Crippen LogP contribution in [0.1, 0.15) is 28.0 Å². The van der Waals surface area contributed by atoms with Crippen LogP contribution >= 0.6 is 23.2 Å². The summed E-state index contributed by atoms with van der Waals surface area (Å²) in [4.78, 5) is 38.5. The van der Waals surface area contributed by atoms with Crippen molar-refractivity contribution in [2.24, 2.45) is 0 Å². The second-order valence-corrected chi connectivity index (χ2v) is 8.94. The molecule has 3 aromatic rings. The van der Waals surface area contributed by atoms with Crippen molar-refractivity contribution in [3.63, 3.8) is 0 Å². The van der Waals surface area contributed by atoms with Gasteiger partial charge in [0.1, 0.15) is 6.54 Å². The van der Waals surface area contributed by atoms with Gasteiger partial charge < -0.3 is 20.5 Å². The van der Waals surface area contributed by atoms with Gasteiger partial charge in [0, 0.05) is 56.8 Å². The van der Waals surface area contributed by atoms with Gasteiger partial charge in [-0.25, -0.2) is 0 Å². The maximum atomic E-state index is 13.0. The Morgan fingerprint density at radius 3 is 2.53 bits per heavy atom. The van der Waals surface area contributed by atoms with E-state index >= 15 is 0 Å². The van der Waals surface area contributed by atoms with Crippen molar-refractivity contribution in [1.82, 2.24) is 15.2 Å². The number of nitrogens with one attached hydrogen (secondary N) is 3. The smallest absolute Gasteiger partial charge is 0.251 e. The number of carbonyl (C=O) groups is 2. The number of amides is 1. The molecule has 0 radical (unpaired) electrons. The van der Waals surface area contributed by atoms with Gasteiger partial charge in [-0.1, -0.05) is 35.3 Å². The van der Waals surface area contributed by atoms with Gasteiger partial charge in [0.25, 0.3) is 5.56 Å². The van der Waals surface area contributed by atoms with Gasteiger partial charge in [-0.15, -0.1) is 0 Å². The van der Waals surface area contributed by atoms with E-state index in [0.717, 1.165) is 11.3 Å². The lowest BCUT2D eigenvalue weighted by Crippen LogP contribution is -2.30. The van der Waals surface area contributed by atoms with Crippen LogP contribution in [-0.4, -0.2) is 22.9 Å².